The number of carbonyl (C=O) groups is 1. The van der Waals surface area contributed by atoms with Crippen LogP contribution in [-0.4, -0.2) is 45.5 Å². The minimum absolute atomic E-state index is 0.136. The lowest BCUT2D eigenvalue weighted by molar-refractivity contribution is 0.163. The fraction of sp³-hybridized carbons (Fsp3) is 0.412. The van der Waals surface area contributed by atoms with E-state index < -0.39 is 6.10 Å². The molecule has 2 aromatic rings. The monoisotopic (exact) mass is 316 g/mol. The summed E-state index contributed by atoms with van der Waals surface area (Å²) in [7, 11) is 1.73. The molecule has 0 radical (unpaired) electrons. The highest BCUT2D eigenvalue weighted by molar-refractivity contribution is 5.73. The summed E-state index contributed by atoms with van der Waals surface area (Å²) in [6.07, 6.45) is 3.85. The Labute approximate surface area is 136 Å². The van der Waals surface area contributed by atoms with Crippen molar-refractivity contribution in [3.63, 3.8) is 0 Å². The molecule has 0 aliphatic carbocycles. The van der Waals surface area contributed by atoms with Gasteiger partial charge in [-0.15, -0.1) is 0 Å². The molecule has 2 N–H and O–H groups in total. The van der Waals surface area contributed by atoms with Crippen LogP contribution in [0.2, 0.25) is 0 Å². The van der Waals surface area contributed by atoms with Gasteiger partial charge in [0, 0.05) is 32.5 Å². The average molecular weight is 316 g/mol. The van der Waals surface area contributed by atoms with E-state index in [2.05, 4.69) is 16.5 Å². The van der Waals surface area contributed by atoms with Gasteiger partial charge in [0.1, 0.15) is 0 Å². The Morgan fingerprint density at radius 3 is 2.87 bits per heavy atom. The molecule has 1 heterocycles. The van der Waals surface area contributed by atoms with E-state index in [1.807, 2.05) is 35.1 Å². The second kappa shape index (κ2) is 8.33. The van der Waals surface area contributed by atoms with Crippen molar-refractivity contribution in [2.75, 3.05) is 13.6 Å². The van der Waals surface area contributed by atoms with Crippen LogP contribution in [0.4, 0.5) is 4.79 Å². The van der Waals surface area contributed by atoms with Crippen LogP contribution in [0.1, 0.15) is 24.5 Å². The first-order chi connectivity index (χ1) is 11.0. The molecule has 0 aliphatic heterocycles. The fourth-order valence-corrected chi connectivity index (χ4v) is 2.21. The Balaban J connectivity index is 1.84. The van der Waals surface area contributed by atoms with Gasteiger partial charge in [0.25, 0.3) is 0 Å². The molecule has 0 bridgehead atoms. The summed E-state index contributed by atoms with van der Waals surface area (Å²) in [5.74, 6) is 0. The van der Waals surface area contributed by atoms with Crippen LogP contribution in [-0.2, 0) is 13.1 Å². The lowest BCUT2D eigenvalue weighted by Gasteiger charge is -2.18. The summed E-state index contributed by atoms with van der Waals surface area (Å²) in [4.78, 5) is 13.6. The molecule has 124 valence electrons. The standard InChI is InChI=1S/C17H24N4O2/c1-14(22)7-10-20(2)17(23)18-12-15-5-3-6-16(11-15)13-21-9-4-8-19-21/h3-6,8-9,11,14,22H,7,10,12-13H2,1-2H3,(H,18,23). The third-order valence-corrected chi connectivity index (χ3v) is 3.57. The molecule has 2 amide bonds. The molecular weight excluding hydrogens is 292 g/mol. The van der Waals surface area contributed by atoms with E-state index in [0.717, 1.165) is 11.1 Å². The van der Waals surface area contributed by atoms with Crippen LogP contribution >= 0.6 is 0 Å². The molecule has 0 fully saturated rings. The van der Waals surface area contributed by atoms with Crippen molar-refractivity contribution in [2.45, 2.75) is 32.5 Å². The SMILES string of the molecule is CC(O)CCN(C)C(=O)NCc1cccc(Cn2cccn2)c1. The normalized spacial score (nSPS) is 12.0. The molecule has 0 saturated heterocycles. The predicted molar refractivity (Wildman–Crippen MR) is 88.9 cm³/mol. The lowest BCUT2D eigenvalue weighted by Crippen LogP contribution is -2.38. The fourth-order valence-electron chi connectivity index (χ4n) is 2.21. The molecule has 1 aromatic carbocycles. The Morgan fingerprint density at radius 2 is 2.17 bits per heavy atom. The Kier molecular flexibility index (Phi) is 6.17. The van der Waals surface area contributed by atoms with Gasteiger partial charge in [-0.1, -0.05) is 24.3 Å². The summed E-state index contributed by atoms with van der Waals surface area (Å²) in [6.45, 7) is 3.44. The van der Waals surface area contributed by atoms with Crippen molar-refractivity contribution in [2.24, 2.45) is 0 Å². The number of aromatic nitrogens is 2. The summed E-state index contributed by atoms with van der Waals surface area (Å²) in [6, 6.07) is 9.84. The maximum atomic E-state index is 12.0. The number of carbonyl (C=O) groups excluding carboxylic acids is 1. The molecule has 0 saturated carbocycles. The zero-order chi connectivity index (χ0) is 16.7. The zero-order valence-electron chi connectivity index (χ0n) is 13.6. The van der Waals surface area contributed by atoms with Gasteiger partial charge in [-0.05, 0) is 30.5 Å². The summed E-state index contributed by atoms with van der Waals surface area (Å²) in [5, 5.41) is 16.3. The van der Waals surface area contributed by atoms with Crippen LogP contribution in [0.5, 0.6) is 0 Å². The van der Waals surface area contributed by atoms with E-state index in [1.54, 1.807) is 25.1 Å². The van der Waals surface area contributed by atoms with Crippen molar-refractivity contribution < 1.29 is 9.90 Å². The lowest BCUT2D eigenvalue weighted by atomic mass is 10.1. The number of aliphatic hydroxyl groups excluding tert-OH is 1. The van der Waals surface area contributed by atoms with E-state index in [-0.39, 0.29) is 6.03 Å². The number of hydrogen-bond acceptors (Lipinski definition) is 3. The number of nitrogens with one attached hydrogen (secondary N) is 1. The highest BCUT2D eigenvalue weighted by Gasteiger charge is 2.09. The Bertz CT molecular complexity index is 611. The van der Waals surface area contributed by atoms with Crippen molar-refractivity contribution in [1.29, 1.82) is 0 Å². The van der Waals surface area contributed by atoms with E-state index in [1.165, 1.54) is 0 Å². The van der Waals surface area contributed by atoms with Gasteiger partial charge < -0.3 is 15.3 Å². The molecule has 0 aliphatic rings. The molecule has 1 aromatic heterocycles. The Morgan fingerprint density at radius 1 is 1.39 bits per heavy atom. The molecule has 0 spiro atoms. The van der Waals surface area contributed by atoms with E-state index >= 15 is 0 Å². The van der Waals surface area contributed by atoms with Crippen molar-refractivity contribution in [1.82, 2.24) is 20.0 Å². The first kappa shape index (κ1) is 17.0. The first-order valence-corrected chi connectivity index (χ1v) is 7.77. The number of hydrogen-bond donors (Lipinski definition) is 2. The van der Waals surface area contributed by atoms with Crippen LogP contribution in [0.15, 0.2) is 42.7 Å². The quantitative estimate of drug-likeness (QED) is 0.819. The second-order valence-corrected chi connectivity index (χ2v) is 5.74. The molecular formula is C17H24N4O2. The maximum absolute atomic E-state index is 12.0. The summed E-state index contributed by atoms with van der Waals surface area (Å²) in [5.41, 5.74) is 2.19. The zero-order valence-corrected chi connectivity index (χ0v) is 13.6. The third-order valence-electron chi connectivity index (χ3n) is 3.57. The molecule has 6 nitrogen and oxygen atoms in total. The molecule has 23 heavy (non-hydrogen) atoms. The van der Waals surface area contributed by atoms with Crippen LogP contribution in [0.3, 0.4) is 0 Å². The van der Waals surface area contributed by atoms with Crippen molar-refractivity contribution in [3.8, 4) is 0 Å². The number of benzene rings is 1. The van der Waals surface area contributed by atoms with E-state index in [9.17, 15) is 9.90 Å². The van der Waals surface area contributed by atoms with Crippen LogP contribution in [0, 0.1) is 0 Å². The first-order valence-electron chi connectivity index (χ1n) is 7.77. The van der Waals surface area contributed by atoms with Crippen molar-refractivity contribution >= 4 is 6.03 Å². The summed E-state index contributed by atoms with van der Waals surface area (Å²) >= 11 is 0. The number of aliphatic hydroxyl groups is 1. The highest BCUT2D eigenvalue weighted by atomic mass is 16.3. The minimum Gasteiger partial charge on any atom is -0.393 e. The topological polar surface area (TPSA) is 70.4 Å². The molecule has 6 heteroatoms. The maximum Gasteiger partial charge on any atom is 0.317 e. The number of nitrogens with zero attached hydrogens (tertiary/aromatic N) is 3. The molecule has 2 rings (SSSR count). The third kappa shape index (κ3) is 5.75. The number of amides is 2. The highest BCUT2D eigenvalue weighted by Crippen LogP contribution is 2.07. The van der Waals surface area contributed by atoms with E-state index in [4.69, 9.17) is 0 Å². The van der Waals surface area contributed by atoms with Gasteiger partial charge in [-0.3, -0.25) is 4.68 Å². The van der Waals surface area contributed by atoms with Gasteiger partial charge in [-0.2, -0.15) is 5.10 Å². The van der Waals surface area contributed by atoms with Gasteiger partial charge in [0.2, 0.25) is 0 Å². The minimum atomic E-state index is -0.399. The van der Waals surface area contributed by atoms with Gasteiger partial charge in [0.15, 0.2) is 0 Å². The largest absolute Gasteiger partial charge is 0.393 e. The van der Waals surface area contributed by atoms with Gasteiger partial charge >= 0.3 is 6.03 Å². The van der Waals surface area contributed by atoms with Gasteiger partial charge in [0.05, 0.1) is 12.6 Å². The molecule has 1 unspecified atom stereocenters. The predicted octanol–water partition coefficient (Wildman–Crippen LogP) is 1.84. The molecule has 1 atom stereocenters. The van der Waals surface area contributed by atoms with Crippen LogP contribution in [0.25, 0.3) is 0 Å². The van der Waals surface area contributed by atoms with Gasteiger partial charge in [-0.25, -0.2) is 4.79 Å². The summed E-state index contributed by atoms with van der Waals surface area (Å²) < 4.78 is 1.86. The van der Waals surface area contributed by atoms with Crippen LogP contribution < -0.4 is 5.32 Å². The number of rotatable bonds is 7. The second-order valence-electron chi connectivity index (χ2n) is 5.74. The number of urea groups is 1. The average Bonchev–Trinajstić information content (AvgIpc) is 3.03. The smallest absolute Gasteiger partial charge is 0.317 e. The van der Waals surface area contributed by atoms with Crippen molar-refractivity contribution in [3.05, 3.63) is 53.9 Å². The van der Waals surface area contributed by atoms with E-state index in [0.29, 0.717) is 26.1 Å². The Hall–Kier alpha value is -2.34.